The SMILES string of the molecule is CC(=O)c1ccoc1B1OC(C)(C)C(C)(C)O1. The molecule has 0 radical (unpaired) electrons. The Morgan fingerprint density at radius 3 is 2.18 bits per heavy atom. The molecule has 2 heterocycles. The molecule has 1 fully saturated rings. The first kappa shape index (κ1) is 12.4. The van der Waals surface area contributed by atoms with Gasteiger partial charge in [-0.3, -0.25) is 4.79 Å². The molecule has 0 spiro atoms. The van der Waals surface area contributed by atoms with E-state index >= 15 is 0 Å². The highest BCUT2D eigenvalue weighted by Crippen LogP contribution is 2.36. The van der Waals surface area contributed by atoms with Crippen molar-refractivity contribution in [3.05, 3.63) is 17.9 Å². The van der Waals surface area contributed by atoms with Gasteiger partial charge in [-0.25, -0.2) is 0 Å². The minimum Gasteiger partial charge on any atom is -0.472 e. The van der Waals surface area contributed by atoms with Crippen molar-refractivity contribution in [2.75, 3.05) is 0 Å². The maximum Gasteiger partial charge on any atom is 0.533 e. The van der Waals surface area contributed by atoms with Crippen LogP contribution in [0.3, 0.4) is 0 Å². The fraction of sp³-hybridized carbons (Fsp3) is 0.583. The summed E-state index contributed by atoms with van der Waals surface area (Å²) < 4.78 is 17.0. The van der Waals surface area contributed by atoms with Crippen LogP contribution in [0, 0.1) is 0 Å². The monoisotopic (exact) mass is 236 g/mol. The molecule has 1 aliphatic rings. The first-order valence-corrected chi connectivity index (χ1v) is 5.68. The van der Waals surface area contributed by atoms with Gasteiger partial charge in [-0.05, 0) is 40.7 Å². The zero-order valence-corrected chi connectivity index (χ0v) is 10.9. The standard InChI is InChI=1S/C12H17BO4/c1-8(14)9-6-7-15-10(9)13-16-11(2,3)12(4,5)17-13/h6-7H,1-5H3. The molecule has 1 aliphatic heterocycles. The molecule has 0 aromatic carbocycles. The fourth-order valence-corrected chi connectivity index (χ4v) is 1.74. The predicted molar refractivity (Wildman–Crippen MR) is 64.4 cm³/mol. The molecule has 0 bridgehead atoms. The number of rotatable bonds is 2. The lowest BCUT2D eigenvalue weighted by atomic mass is 9.82. The predicted octanol–water partition coefficient (Wildman–Crippen LogP) is 1.78. The minimum atomic E-state index is -0.617. The van der Waals surface area contributed by atoms with Crippen molar-refractivity contribution in [2.45, 2.75) is 45.8 Å². The van der Waals surface area contributed by atoms with Gasteiger partial charge in [0.2, 0.25) is 0 Å². The van der Waals surface area contributed by atoms with Gasteiger partial charge in [0.05, 0.1) is 23.0 Å². The van der Waals surface area contributed by atoms with Gasteiger partial charge in [0.1, 0.15) is 5.66 Å². The molecule has 0 aliphatic carbocycles. The van der Waals surface area contributed by atoms with E-state index in [0.29, 0.717) is 11.2 Å². The minimum absolute atomic E-state index is 0.0523. The van der Waals surface area contributed by atoms with Gasteiger partial charge < -0.3 is 13.7 Å². The lowest BCUT2D eigenvalue weighted by Crippen LogP contribution is -2.41. The first-order valence-electron chi connectivity index (χ1n) is 5.68. The number of furan rings is 1. The summed E-state index contributed by atoms with van der Waals surface area (Å²) in [5, 5.41) is 0. The highest BCUT2D eigenvalue weighted by atomic mass is 16.7. The van der Waals surface area contributed by atoms with E-state index in [9.17, 15) is 4.79 Å². The largest absolute Gasteiger partial charge is 0.533 e. The van der Waals surface area contributed by atoms with Crippen molar-refractivity contribution in [2.24, 2.45) is 0 Å². The van der Waals surface area contributed by atoms with E-state index in [1.54, 1.807) is 6.07 Å². The third-order valence-electron chi connectivity index (χ3n) is 3.54. The molecule has 1 saturated heterocycles. The Hall–Kier alpha value is -1.07. The average Bonchev–Trinajstić information content (AvgIpc) is 2.69. The Morgan fingerprint density at radius 2 is 1.71 bits per heavy atom. The summed E-state index contributed by atoms with van der Waals surface area (Å²) in [5.41, 5.74) is 0.108. The van der Waals surface area contributed by atoms with Gasteiger partial charge in [-0.1, -0.05) is 0 Å². The topological polar surface area (TPSA) is 48.7 Å². The average molecular weight is 236 g/mol. The maximum atomic E-state index is 11.4. The van der Waals surface area contributed by atoms with E-state index in [1.807, 2.05) is 27.7 Å². The van der Waals surface area contributed by atoms with Crippen molar-refractivity contribution in [3.8, 4) is 0 Å². The van der Waals surface area contributed by atoms with Crippen LogP contribution in [0.5, 0.6) is 0 Å². The van der Waals surface area contributed by atoms with Crippen LogP contribution in [0.2, 0.25) is 0 Å². The highest BCUT2D eigenvalue weighted by molar-refractivity contribution is 6.62. The molecule has 92 valence electrons. The van der Waals surface area contributed by atoms with Crippen molar-refractivity contribution >= 4 is 18.6 Å². The van der Waals surface area contributed by atoms with Gasteiger partial charge in [-0.15, -0.1) is 0 Å². The molecule has 17 heavy (non-hydrogen) atoms. The fourth-order valence-electron chi connectivity index (χ4n) is 1.74. The smallest absolute Gasteiger partial charge is 0.472 e. The van der Waals surface area contributed by atoms with E-state index in [-0.39, 0.29) is 5.78 Å². The van der Waals surface area contributed by atoms with Gasteiger partial charge in [0, 0.05) is 0 Å². The van der Waals surface area contributed by atoms with E-state index in [1.165, 1.54) is 13.2 Å². The summed E-state index contributed by atoms with van der Waals surface area (Å²) in [6.45, 7) is 9.35. The number of carbonyl (C=O) groups excluding carboxylic acids is 1. The van der Waals surface area contributed by atoms with Gasteiger partial charge in [0.25, 0.3) is 0 Å². The summed E-state index contributed by atoms with van der Waals surface area (Å²) in [4.78, 5) is 11.4. The summed E-state index contributed by atoms with van der Waals surface area (Å²) in [6.07, 6.45) is 1.48. The number of carbonyl (C=O) groups is 1. The molecule has 0 atom stereocenters. The lowest BCUT2D eigenvalue weighted by molar-refractivity contribution is 0.00578. The van der Waals surface area contributed by atoms with Crippen LogP contribution >= 0.6 is 0 Å². The van der Waals surface area contributed by atoms with E-state index in [0.717, 1.165) is 0 Å². The summed E-state index contributed by atoms with van der Waals surface area (Å²) >= 11 is 0. The molecule has 1 aromatic heterocycles. The molecule has 5 heteroatoms. The Kier molecular flexibility index (Phi) is 2.71. The Labute approximate surface area is 101 Å². The van der Waals surface area contributed by atoms with Crippen LogP contribution in [0.25, 0.3) is 0 Å². The number of hydrogen-bond donors (Lipinski definition) is 0. The first-order chi connectivity index (χ1) is 7.74. The van der Waals surface area contributed by atoms with Gasteiger partial charge in [-0.2, -0.15) is 0 Å². The normalized spacial score (nSPS) is 21.8. The number of hydrogen-bond acceptors (Lipinski definition) is 4. The Balaban J connectivity index is 2.32. The molecule has 0 N–H and O–H groups in total. The third-order valence-corrected chi connectivity index (χ3v) is 3.54. The highest BCUT2D eigenvalue weighted by Gasteiger charge is 2.53. The van der Waals surface area contributed by atoms with Crippen molar-refractivity contribution < 1.29 is 18.5 Å². The van der Waals surface area contributed by atoms with Crippen molar-refractivity contribution in [1.82, 2.24) is 0 Å². The zero-order valence-electron chi connectivity index (χ0n) is 10.9. The second-order valence-corrected chi connectivity index (χ2v) is 5.34. The van der Waals surface area contributed by atoms with Gasteiger partial charge >= 0.3 is 7.12 Å². The summed E-state index contributed by atoms with van der Waals surface area (Å²) in [7, 11) is -0.617. The second kappa shape index (κ2) is 3.72. The van der Waals surface area contributed by atoms with Crippen LogP contribution in [0.1, 0.15) is 45.0 Å². The van der Waals surface area contributed by atoms with E-state index < -0.39 is 18.3 Å². The molecule has 0 saturated carbocycles. The quantitative estimate of drug-likeness (QED) is 0.580. The summed E-state index contributed by atoms with van der Waals surface area (Å²) in [6, 6.07) is 1.64. The molecular weight excluding hydrogens is 219 g/mol. The molecule has 4 nitrogen and oxygen atoms in total. The van der Waals surface area contributed by atoms with Crippen LogP contribution in [-0.4, -0.2) is 24.1 Å². The zero-order chi connectivity index (χ0) is 12.8. The van der Waals surface area contributed by atoms with Crippen LogP contribution in [0.4, 0.5) is 0 Å². The van der Waals surface area contributed by atoms with E-state index in [2.05, 4.69) is 0 Å². The molecular formula is C12H17BO4. The van der Waals surface area contributed by atoms with Gasteiger partial charge in [0.15, 0.2) is 5.78 Å². The lowest BCUT2D eigenvalue weighted by Gasteiger charge is -2.32. The van der Waals surface area contributed by atoms with Crippen LogP contribution < -0.4 is 5.66 Å². The van der Waals surface area contributed by atoms with Crippen LogP contribution in [0.15, 0.2) is 16.7 Å². The molecule has 0 unspecified atom stereocenters. The Morgan fingerprint density at radius 1 is 1.18 bits per heavy atom. The third kappa shape index (κ3) is 1.94. The maximum absolute atomic E-state index is 11.4. The molecule has 0 amide bonds. The van der Waals surface area contributed by atoms with Crippen LogP contribution in [-0.2, 0) is 9.31 Å². The van der Waals surface area contributed by atoms with E-state index in [4.69, 9.17) is 13.7 Å². The summed E-state index contributed by atoms with van der Waals surface area (Å²) in [5.74, 6) is -0.0523. The number of Topliss-reactive ketones (excluding diaryl/α,β-unsaturated/α-hetero) is 1. The molecule has 2 rings (SSSR count). The van der Waals surface area contributed by atoms with Crippen molar-refractivity contribution in [1.29, 1.82) is 0 Å². The number of ketones is 1. The van der Waals surface area contributed by atoms with Crippen molar-refractivity contribution in [3.63, 3.8) is 0 Å². The second-order valence-electron chi connectivity index (χ2n) is 5.34. The molecule has 1 aromatic rings. The Bertz CT molecular complexity index is 431.